The van der Waals surface area contributed by atoms with Gasteiger partial charge in [-0.25, -0.2) is 14.1 Å². The van der Waals surface area contributed by atoms with E-state index in [9.17, 15) is 5.11 Å². The molecule has 3 aliphatic rings. The molecule has 36 heavy (non-hydrogen) atoms. The van der Waals surface area contributed by atoms with Crippen LogP contribution >= 0.6 is 0 Å². The standard InChI is InChI=1S/C26H29FN8O/c1-25-8-3-9-26(2,15-25)23(27)20(11-25)35(17-4-5-17)22-13-29-24(32-31-22)19-7-6-18(10-21(19)36)34-14-16(12-28)30-33-34/h6-7,10,13-14,17,20,23,36H,3-5,8-9,11,15H2,1-2H3/t20-,23-,25-,26-/m0/s1. The molecule has 0 aliphatic heterocycles. The number of benzene rings is 1. The van der Waals surface area contributed by atoms with Crippen molar-refractivity contribution in [3.05, 3.63) is 36.3 Å². The number of aromatic hydroxyl groups is 1. The number of hydrogen-bond acceptors (Lipinski definition) is 8. The van der Waals surface area contributed by atoms with Crippen molar-refractivity contribution in [2.75, 3.05) is 4.90 Å². The minimum Gasteiger partial charge on any atom is -0.507 e. The first-order valence-corrected chi connectivity index (χ1v) is 12.6. The first kappa shape index (κ1) is 22.8. The van der Waals surface area contributed by atoms with Gasteiger partial charge in [0.15, 0.2) is 17.3 Å². The van der Waals surface area contributed by atoms with E-state index < -0.39 is 6.17 Å². The Kier molecular flexibility index (Phi) is 5.21. The van der Waals surface area contributed by atoms with E-state index in [4.69, 9.17) is 5.26 Å². The highest BCUT2D eigenvalue weighted by Crippen LogP contribution is 2.58. The van der Waals surface area contributed by atoms with Crippen LogP contribution in [0.4, 0.5) is 10.2 Å². The van der Waals surface area contributed by atoms with Crippen LogP contribution in [0.25, 0.3) is 17.1 Å². The Labute approximate surface area is 209 Å². The molecule has 0 unspecified atom stereocenters. The highest BCUT2D eigenvalue weighted by atomic mass is 19.1. The first-order chi connectivity index (χ1) is 17.3. The fourth-order valence-electron chi connectivity index (χ4n) is 6.58. The van der Waals surface area contributed by atoms with E-state index in [1.165, 1.54) is 16.9 Å². The number of aromatic nitrogens is 6. The van der Waals surface area contributed by atoms with E-state index in [2.05, 4.69) is 44.2 Å². The quantitative estimate of drug-likeness (QED) is 0.563. The summed E-state index contributed by atoms with van der Waals surface area (Å²) < 4.78 is 17.4. The minimum absolute atomic E-state index is 0.0418. The molecule has 0 spiro atoms. The van der Waals surface area contributed by atoms with E-state index >= 15 is 4.39 Å². The zero-order valence-corrected chi connectivity index (χ0v) is 20.5. The van der Waals surface area contributed by atoms with E-state index in [0.717, 1.165) is 44.9 Å². The van der Waals surface area contributed by atoms with Crippen LogP contribution in [0.5, 0.6) is 5.75 Å². The lowest BCUT2D eigenvalue weighted by atomic mass is 9.54. The second-order valence-corrected chi connectivity index (χ2v) is 11.3. The molecule has 3 fully saturated rings. The molecule has 3 aromatic rings. The van der Waals surface area contributed by atoms with Gasteiger partial charge in [-0.2, -0.15) is 5.26 Å². The van der Waals surface area contributed by atoms with Gasteiger partial charge in [0.2, 0.25) is 0 Å². The summed E-state index contributed by atoms with van der Waals surface area (Å²) >= 11 is 0. The fourth-order valence-corrected chi connectivity index (χ4v) is 6.58. The number of phenolic OH excluding ortho intramolecular Hbond substituents is 1. The molecule has 1 N–H and O–H groups in total. The third-order valence-corrected chi connectivity index (χ3v) is 8.27. The lowest BCUT2D eigenvalue weighted by Crippen LogP contribution is -2.58. The average Bonchev–Trinajstić information content (AvgIpc) is 3.57. The van der Waals surface area contributed by atoms with Crippen molar-refractivity contribution in [1.29, 1.82) is 5.26 Å². The second-order valence-electron chi connectivity index (χ2n) is 11.3. The highest BCUT2D eigenvalue weighted by Gasteiger charge is 2.56. The lowest BCUT2D eigenvalue weighted by Gasteiger charge is -2.56. The maximum absolute atomic E-state index is 16.0. The number of hydrogen-bond donors (Lipinski definition) is 1. The number of alkyl halides is 1. The molecule has 0 radical (unpaired) electrons. The molecule has 9 nitrogen and oxygen atoms in total. The van der Waals surface area contributed by atoms with Crippen molar-refractivity contribution in [3.63, 3.8) is 0 Å². The second kappa shape index (κ2) is 8.22. The van der Waals surface area contributed by atoms with Crippen LogP contribution in [-0.4, -0.2) is 53.5 Å². The van der Waals surface area contributed by atoms with Crippen LogP contribution < -0.4 is 4.90 Å². The molecule has 6 rings (SSSR count). The average molecular weight is 489 g/mol. The zero-order chi connectivity index (χ0) is 25.1. The molecule has 3 saturated carbocycles. The molecule has 10 heteroatoms. The molecule has 186 valence electrons. The zero-order valence-electron chi connectivity index (χ0n) is 20.5. The van der Waals surface area contributed by atoms with Gasteiger partial charge in [-0.15, -0.1) is 15.3 Å². The Balaban J connectivity index is 1.28. The Morgan fingerprint density at radius 3 is 2.69 bits per heavy atom. The van der Waals surface area contributed by atoms with Gasteiger partial charge < -0.3 is 10.0 Å². The van der Waals surface area contributed by atoms with Gasteiger partial charge in [0.1, 0.15) is 18.0 Å². The minimum atomic E-state index is -0.914. The summed E-state index contributed by atoms with van der Waals surface area (Å²) in [5, 5.41) is 36.0. The molecular weight excluding hydrogens is 459 g/mol. The van der Waals surface area contributed by atoms with Gasteiger partial charge in [0.25, 0.3) is 0 Å². The third kappa shape index (κ3) is 3.87. The van der Waals surface area contributed by atoms with Crippen molar-refractivity contribution >= 4 is 5.82 Å². The maximum Gasteiger partial charge on any atom is 0.185 e. The molecule has 2 bridgehead atoms. The SMILES string of the molecule is C[C@@]12CCC[C@@](C)(C1)[C@@H](F)[C@@H](N(c1cnc(-c3ccc(-n4cc(C#N)nn4)cc3O)nn1)C1CC1)C2. The summed E-state index contributed by atoms with van der Waals surface area (Å²) in [5.41, 5.74) is 1.01. The van der Waals surface area contributed by atoms with E-state index in [1.54, 1.807) is 18.3 Å². The normalized spacial score (nSPS) is 29.5. The predicted octanol–water partition coefficient (Wildman–Crippen LogP) is 4.36. The fraction of sp³-hybridized carbons (Fsp3) is 0.538. The van der Waals surface area contributed by atoms with Crippen molar-refractivity contribution in [1.82, 2.24) is 30.2 Å². The monoisotopic (exact) mass is 488 g/mol. The van der Waals surface area contributed by atoms with Crippen LogP contribution in [0.3, 0.4) is 0 Å². The molecular formula is C26H29FN8O. The Morgan fingerprint density at radius 2 is 2.03 bits per heavy atom. The number of nitriles is 1. The van der Waals surface area contributed by atoms with Crippen molar-refractivity contribution in [2.45, 2.75) is 77.0 Å². The van der Waals surface area contributed by atoms with Gasteiger partial charge in [-0.1, -0.05) is 25.5 Å². The van der Waals surface area contributed by atoms with Crippen molar-refractivity contribution < 1.29 is 9.50 Å². The van der Waals surface area contributed by atoms with Crippen LogP contribution in [0, 0.1) is 22.2 Å². The van der Waals surface area contributed by atoms with Crippen molar-refractivity contribution in [3.8, 4) is 28.9 Å². The Hall–Kier alpha value is -3.61. The topological polar surface area (TPSA) is 117 Å². The summed E-state index contributed by atoms with van der Waals surface area (Å²) in [6.45, 7) is 4.43. The molecule has 2 aromatic heterocycles. The van der Waals surface area contributed by atoms with E-state index in [-0.39, 0.29) is 40.2 Å². The summed E-state index contributed by atoms with van der Waals surface area (Å²) in [6, 6.07) is 6.89. The predicted molar refractivity (Wildman–Crippen MR) is 130 cm³/mol. The molecule has 4 atom stereocenters. The number of rotatable bonds is 5. The summed E-state index contributed by atoms with van der Waals surface area (Å²) in [4.78, 5) is 6.66. The summed E-state index contributed by atoms with van der Waals surface area (Å²) in [5.74, 6) is 0.842. The number of fused-ring (bicyclic) bond motifs is 2. The molecule has 2 heterocycles. The van der Waals surface area contributed by atoms with Crippen LogP contribution in [-0.2, 0) is 0 Å². The Morgan fingerprint density at radius 1 is 1.19 bits per heavy atom. The smallest absolute Gasteiger partial charge is 0.185 e. The van der Waals surface area contributed by atoms with Crippen LogP contribution in [0.1, 0.15) is 64.5 Å². The number of anilines is 1. The van der Waals surface area contributed by atoms with Gasteiger partial charge in [0.05, 0.1) is 29.7 Å². The Bertz CT molecular complexity index is 1330. The van der Waals surface area contributed by atoms with E-state index in [1.807, 2.05) is 6.07 Å². The van der Waals surface area contributed by atoms with Gasteiger partial charge in [0, 0.05) is 17.5 Å². The molecule has 0 saturated heterocycles. The van der Waals surface area contributed by atoms with E-state index in [0.29, 0.717) is 17.1 Å². The molecule has 1 aromatic carbocycles. The van der Waals surface area contributed by atoms with Gasteiger partial charge in [-0.3, -0.25) is 0 Å². The first-order valence-electron chi connectivity index (χ1n) is 12.6. The van der Waals surface area contributed by atoms with Gasteiger partial charge >= 0.3 is 0 Å². The number of phenols is 1. The largest absolute Gasteiger partial charge is 0.507 e. The lowest BCUT2D eigenvalue weighted by molar-refractivity contribution is -0.0554. The third-order valence-electron chi connectivity index (χ3n) is 8.27. The number of nitrogens with zero attached hydrogens (tertiary/aromatic N) is 8. The maximum atomic E-state index is 16.0. The summed E-state index contributed by atoms with van der Waals surface area (Å²) in [7, 11) is 0. The highest BCUT2D eigenvalue weighted by molar-refractivity contribution is 5.66. The summed E-state index contributed by atoms with van der Waals surface area (Å²) in [6.07, 6.45) is 9.22. The van der Waals surface area contributed by atoms with Gasteiger partial charge in [-0.05, 0) is 56.1 Å². The van der Waals surface area contributed by atoms with Crippen LogP contribution in [0.2, 0.25) is 0 Å². The number of halogens is 1. The molecule has 3 aliphatic carbocycles. The molecule has 0 amide bonds. The van der Waals surface area contributed by atoms with Crippen molar-refractivity contribution in [2.24, 2.45) is 10.8 Å². The van der Waals surface area contributed by atoms with Crippen LogP contribution in [0.15, 0.2) is 30.6 Å².